The van der Waals surface area contributed by atoms with Crippen LogP contribution in [0.2, 0.25) is 0 Å². The fourth-order valence-corrected chi connectivity index (χ4v) is 3.49. The highest BCUT2D eigenvalue weighted by Gasteiger charge is 2.23. The van der Waals surface area contributed by atoms with Crippen LogP contribution in [0.3, 0.4) is 0 Å². The van der Waals surface area contributed by atoms with Gasteiger partial charge in [-0.2, -0.15) is 0 Å². The lowest BCUT2D eigenvalue weighted by molar-refractivity contribution is -0.148. The van der Waals surface area contributed by atoms with Gasteiger partial charge in [0.05, 0.1) is 7.11 Å². The Kier molecular flexibility index (Phi) is 7.45. The molecule has 0 radical (unpaired) electrons. The highest BCUT2D eigenvalue weighted by atomic mass is 16.5. The van der Waals surface area contributed by atoms with Crippen LogP contribution >= 0.6 is 0 Å². The minimum atomic E-state index is -0.520. The van der Waals surface area contributed by atoms with Gasteiger partial charge >= 0.3 is 5.97 Å². The van der Waals surface area contributed by atoms with Gasteiger partial charge in [0.1, 0.15) is 5.75 Å². The fourth-order valence-electron chi connectivity index (χ4n) is 3.49. The zero-order valence-electron chi connectivity index (χ0n) is 16.8. The van der Waals surface area contributed by atoms with Crippen molar-refractivity contribution in [3.63, 3.8) is 0 Å². The number of piperidine rings is 1. The molecule has 0 saturated carbocycles. The van der Waals surface area contributed by atoms with Crippen LogP contribution in [0.5, 0.6) is 5.75 Å². The van der Waals surface area contributed by atoms with E-state index in [1.165, 1.54) is 11.6 Å². The summed E-state index contributed by atoms with van der Waals surface area (Å²) in [7, 11) is 1.60. The molecule has 0 aliphatic carbocycles. The first kappa shape index (κ1) is 20.6. The molecule has 0 N–H and O–H groups in total. The molecule has 5 nitrogen and oxygen atoms in total. The molecule has 0 unspecified atom stereocenters. The number of hydrogen-bond donors (Lipinski definition) is 0. The third-order valence-electron chi connectivity index (χ3n) is 5.20. The summed E-state index contributed by atoms with van der Waals surface area (Å²) >= 11 is 0. The lowest BCUT2D eigenvalue weighted by Gasteiger charge is -2.32. The molecule has 0 bridgehead atoms. The van der Waals surface area contributed by atoms with Crippen LogP contribution in [-0.4, -0.2) is 43.6 Å². The second-order valence-electron chi connectivity index (χ2n) is 7.23. The number of amides is 1. The van der Waals surface area contributed by atoms with E-state index in [1.54, 1.807) is 18.1 Å². The van der Waals surface area contributed by atoms with Gasteiger partial charge in [-0.05, 0) is 54.5 Å². The molecule has 29 heavy (non-hydrogen) atoms. The molecule has 3 rings (SSSR count). The van der Waals surface area contributed by atoms with Gasteiger partial charge in [0.25, 0.3) is 5.91 Å². The van der Waals surface area contributed by atoms with Gasteiger partial charge in [0.2, 0.25) is 0 Å². The summed E-state index contributed by atoms with van der Waals surface area (Å²) in [6.07, 6.45) is 5.99. The van der Waals surface area contributed by atoms with Gasteiger partial charge in [-0.25, -0.2) is 4.79 Å². The zero-order chi connectivity index (χ0) is 20.5. The van der Waals surface area contributed by atoms with Gasteiger partial charge in [0.15, 0.2) is 6.61 Å². The Morgan fingerprint density at radius 3 is 2.38 bits per heavy atom. The molecule has 1 fully saturated rings. The van der Waals surface area contributed by atoms with Crippen LogP contribution in [0.1, 0.15) is 24.0 Å². The largest absolute Gasteiger partial charge is 0.497 e. The highest BCUT2D eigenvalue weighted by Crippen LogP contribution is 2.21. The first-order chi connectivity index (χ1) is 14.1. The van der Waals surface area contributed by atoms with Crippen LogP contribution in [-0.2, 0) is 20.7 Å². The Bertz CT molecular complexity index is 822. The monoisotopic (exact) mass is 393 g/mol. The Morgan fingerprint density at radius 1 is 1.03 bits per heavy atom. The van der Waals surface area contributed by atoms with Gasteiger partial charge in [0, 0.05) is 19.2 Å². The van der Waals surface area contributed by atoms with Gasteiger partial charge in [-0.3, -0.25) is 4.79 Å². The minimum absolute atomic E-state index is 0.130. The van der Waals surface area contributed by atoms with Crippen molar-refractivity contribution in [2.45, 2.75) is 19.3 Å². The average Bonchev–Trinajstić information content (AvgIpc) is 2.77. The maximum Gasteiger partial charge on any atom is 0.331 e. The number of esters is 1. The van der Waals surface area contributed by atoms with E-state index in [0.717, 1.165) is 43.7 Å². The van der Waals surface area contributed by atoms with E-state index in [-0.39, 0.29) is 12.5 Å². The molecule has 1 amide bonds. The van der Waals surface area contributed by atoms with Crippen LogP contribution in [0.25, 0.3) is 6.08 Å². The summed E-state index contributed by atoms with van der Waals surface area (Å²) in [5.41, 5.74) is 2.20. The Morgan fingerprint density at radius 2 is 1.72 bits per heavy atom. The van der Waals surface area contributed by atoms with E-state index in [0.29, 0.717) is 5.92 Å². The topological polar surface area (TPSA) is 55.8 Å². The van der Waals surface area contributed by atoms with Gasteiger partial charge in [-0.1, -0.05) is 42.5 Å². The van der Waals surface area contributed by atoms with Crippen LogP contribution in [0.4, 0.5) is 0 Å². The number of carbonyl (C=O) groups excluding carboxylic acids is 2. The molecule has 2 aromatic rings. The van der Waals surface area contributed by atoms with Gasteiger partial charge in [-0.15, -0.1) is 0 Å². The summed E-state index contributed by atoms with van der Waals surface area (Å²) in [4.78, 5) is 26.0. The third kappa shape index (κ3) is 6.49. The molecule has 1 heterocycles. The molecule has 0 atom stereocenters. The first-order valence-electron chi connectivity index (χ1n) is 9.94. The normalized spacial score (nSPS) is 14.7. The molecule has 1 aliphatic heterocycles. The minimum Gasteiger partial charge on any atom is -0.497 e. The summed E-state index contributed by atoms with van der Waals surface area (Å²) < 4.78 is 10.2. The number of nitrogens with zero attached hydrogens (tertiary/aromatic N) is 1. The summed E-state index contributed by atoms with van der Waals surface area (Å²) in [5, 5.41) is 0. The maximum atomic E-state index is 12.3. The quantitative estimate of drug-likeness (QED) is 0.531. The van der Waals surface area contributed by atoms with Crippen molar-refractivity contribution in [2.75, 3.05) is 26.8 Å². The molecule has 5 heteroatoms. The SMILES string of the molecule is COc1ccc(C=CC(=O)OCC(=O)N2CCC(Cc3ccccc3)CC2)cc1. The molecular formula is C24H27NO4. The molecular weight excluding hydrogens is 366 g/mol. The lowest BCUT2D eigenvalue weighted by Crippen LogP contribution is -2.41. The molecule has 1 aliphatic rings. The number of rotatable bonds is 7. The van der Waals surface area contributed by atoms with Crippen molar-refractivity contribution in [3.8, 4) is 5.75 Å². The van der Waals surface area contributed by atoms with Crippen LogP contribution in [0, 0.1) is 5.92 Å². The smallest absolute Gasteiger partial charge is 0.331 e. The Labute approximate surface area is 171 Å². The van der Waals surface area contributed by atoms with E-state index < -0.39 is 5.97 Å². The molecule has 0 spiro atoms. The van der Waals surface area contributed by atoms with E-state index in [1.807, 2.05) is 30.3 Å². The predicted octanol–water partition coefficient (Wildman–Crippen LogP) is 3.73. The standard InChI is InChI=1S/C24H27NO4/c1-28-22-10-7-19(8-11-22)9-12-24(27)29-18-23(26)25-15-13-21(14-16-25)17-20-5-3-2-4-6-20/h2-12,21H,13-18H2,1H3. The fraction of sp³-hybridized carbons (Fsp3) is 0.333. The van der Waals surface area contributed by atoms with Crippen LogP contribution < -0.4 is 4.74 Å². The maximum absolute atomic E-state index is 12.3. The third-order valence-corrected chi connectivity index (χ3v) is 5.20. The first-order valence-corrected chi connectivity index (χ1v) is 9.94. The van der Waals surface area contributed by atoms with Crippen molar-refractivity contribution < 1.29 is 19.1 Å². The van der Waals surface area contributed by atoms with Crippen LogP contribution in [0.15, 0.2) is 60.7 Å². The lowest BCUT2D eigenvalue weighted by atomic mass is 9.90. The number of likely N-dealkylation sites (tertiary alicyclic amines) is 1. The number of hydrogen-bond acceptors (Lipinski definition) is 4. The number of ether oxygens (including phenoxy) is 2. The predicted molar refractivity (Wildman–Crippen MR) is 112 cm³/mol. The second-order valence-corrected chi connectivity index (χ2v) is 7.23. The zero-order valence-corrected chi connectivity index (χ0v) is 16.8. The summed E-state index contributed by atoms with van der Waals surface area (Å²) in [5.74, 6) is 0.696. The highest BCUT2D eigenvalue weighted by molar-refractivity contribution is 5.89. The number of methoxy groups -OCH3 is 1. The van der Waals surface area contributed by atoms with Crippen molar-refractivity contribution in [1.29, 1.82) is 0 Å². The van der Waals surface area contributed by atoms with E-state index >= 15 is 0 Å². The Hall–Kier alpha value is -3.08. The molecule has 152 valence electrons. The van der Waals surface area contributed by atoms with E-state index in [4.69, 9.17) is 9.47 Å². The second kappa shape index (κ2) is 10.5. The van der Waals surface area contributed by atoms with Crippen molar-refractivity contribution in [1.82, 2.24) is 4.90 Å². The summed E-state index contributed by atoms with van der Waals surface area (Å²) in [6, 6.07) is 17.8. The Balaban J connectivity index is 1.38. The average molecular weight is 393 g/mol. The van der Waals surface area contributed by atoms with Crippen molar-refractivity contribution >= 4 is 18.0 Å². The van der Waals surface area contributed by atoms with E-state index in [9.17, 15) is 9.59 Å². The van der Waals surface area contributed by atoms with E-state index in [2.05, 4.69) is 24.3 Å². The van der Waals surface area contributed by atoms with Gasteiger partial charge < -0.3 is 14.4 Å². The molecule has 0 aromatic heterocycles. The number of carbonyl (C=O) groups is 2. The molecule has 1 saturated heterocycles. The molecule has 2 aromatic carbocycles. The summed E-state index contributed by atoms with van der Waals surface area (Å²) in [6.45, 7) is 1.22. The number of benzene rings is 2. The van der Waals surface area contributed by atoms with Crippen molar-refractivity contribution in [2.24, 2.45) is 5.92 Å². The van der Waals surface area contributed by atoms with Crippen molar-refractivity contribution in [3.05, 3.63) is 71.8 Å².